The van der Waals surface area contributed by atoms with Gasteiger partial charge in [0.2, 0.25) is 0 Å². The topological polar surface area (TPSA) is 67.5 Å². The van der Waals surface area contributed by atoms with Crippen molar-refractivity contribution in [1.82, 2.24) is 5.32 Å². The fourth-order valence-electron chi connectivity index (χ4n) is 1.01. The molecule has 10 heavy (non-hydrogen) atoms. The van der Waals surface area contributed by atoms with E-state index in [2.05, 4.69) is 5.32 Å². The molecule has 4 heteroatoms. The lowest BCUT2D eigenvalue weighted by molar-refractivity contribution is 0.122. The number of aliphatic hydroxyl groups is 1. The molecule has 0 bridgehead atoms. The van der Waals surface area contributed by atoms with Gasteiger partial charge in [0.05, 0.1) is 25.4 Å². The van der Waals surface area contributed by atoms with Crippen molar-refractivity contribution in [1.29, 1.82) is 0 Å². The van der Waals surface area contributed by atoms with Gasteiger partial charge >= 0.3 is 0 Å². The molecule has 0 radical (unpaired) electrons. The minimum absolute atomic E-state index is 0.0866. The lowest BCUT2D eigenvalue weighted by Crippen LogP contribution is -2.41. The normalized spacial score (nSPS) is 33.0. The van der Waals surface area contributed by atoms with Gasteiger partial charge in [-0.05, 0) is 0 Å². The van der Waals surface area contributed by atoms with Crippen molar-refractivity contribution in [3.63, 3.8) is 0 Å². The molecule has 2 atom stereocenters. The summed E-state index contributed by atoms with van der Waals surface area (Å²) >= 11 is 0. The van der Waals surface area contributed by atoms with Crippen molar-refractivity contribution < 1.29 is 9.84 Å². The number of ether oxygens (including phenoxy) is 1. The summed E-state index contributed by atoms with van der Waals surface area (Å²) in [4.78, 5) is 0. The van der Waals surface area contributed by atoms with E-state index in [4.69, 9.17) is 10.5 Å². The van der Waals surface area contributed by atoms with Crippen molar-refractivity contribution in [2.45, 2.75) is 12.1 Å². The van der Waals surface area contributed by atoms with Crippen LogP contribution in [0.4, 0.5) is 0 Å². The highest BCUT2D eigenvalue weighted by atomic mass is 16.5. The predicted molar refractivity (Wildman–Crippen MR) is 37.7 cm³/mol. The van der Waals surface area contributed by atoms with Gasteiger partial charge in [0.15, 0.2) is 0 Å². The van der Waals surface area contributed by atoms with E-state index < -0.39 is 0 Å². The third kappa shape index (κ3) is 1.91. The first-order valence-electron chi connectivity index (χ1n) is 3.54. The van der Waals surface area contributed by atoms with Gasteiger partial charge in [0.1, 0.15) is 0 Å². The van der Waals surface area contributed by atoms with Crippen LogP contribution < -0.4 is 11.1 Å². The molecule has 1 aliphatic heterocycles. The van der Waals surface area contributed by atoms with Crippen LogP contribution in [0.2, 0.25) is 0 Å². The summed E-state index contributed by atoms with van der Waals surface area (Å²) in [5.74, 6) is 0. The molecule has 0 saturated carbocycles. The summed E-state index contributed by atoms with van der Waals surface area (Å²) in [6.45, 7) is 2.39. The standard InChI is InChI=1S/C6H14N2O2/c7-1-2-8-5-3-10-4-6(5)9/h5-6,8-9H,1-4,7H2/t5-,6-/m1/s1. The molecule has 0 aromatic heterocycles. The maximum Gasteiger partial charge on any atom is 0.0948 e. The lowest BCUT2D eigenvalue weighted by Gasteiger charge is -2.12. The van der Waals surface area contributed by atoms with Gasteiger partial charge in [-0.25, -0.2) is 0 Å². The molecule has 60 valence electrons. The molecule has 0 unspecified atom stereocenters. The SMILES string of the molecule is NCCN[C@@H]1COC[C@H]1O. The van der Waals surface area contributed by atoms with Gasteiger partial charge in [0.25, 0.3) is 0 Å². The highest BCUT2D eigenvalue weighted by Gasteiger charge is 2.24. The number of aliphatic hydroxyl groups excluding tert-OH is 1. The number of hydrogen-bond acceptors (Lipinski definition) is 4. The largest absolute Gasteiger partial charge is 0.389 e. The lowest BCUT2D eigenvalue weighted by atomic mass is 10.2. The maximum atomic E-state index is 9.19. The molecule has 1 fully saturated rings. The average molecular weight is 146 g/mol. The minimum Gasteiger partial charge on any atom is -0.389 e. The van der Waals surface area contributed by atoms with Gasteiger partial charge in [-0.1, -0.05) is 0 Å². The number of hydrogen-bond donors (Lipinski definition) is 3. The Morgan fingerprint density at radius 3 is 2.90 bits per heavy atom. The van der Waals surface area contributed by atoms with Crippen molar-refractivity contribution in [3.05, 3.63) is 0 Å². The molecule has 1 saturated heterocycles. The summed E-state index contributed by atoms with van der Waals surface area (Å²) in [7, 11) is 0. The summed E-state index contributed by atoms with van der Waals surface area (Å²) in [5.41, 5.74) is 5.27. The quantitative estimate of drug-likeness (QED) is 0.444. The van der Waals surface area contributed by atoms with Crippen LogP contribution in [0.1, 0.15) is 0 Å². The molecule has 0 aromatic carbocycles. The van der Waals surface area contributed by atoms with E-state index in [1.807, 2.05) is 0 Å². The fourth-order valence-corrected chi connectivity index (χ4v) is 1.01. The molecule has 0 spiro atoms. The van der Waals surface area contributed by atoms with Crippen LogP contribution in [-0.4, -0.2) is 43.6 Å². The molecule has 1 heterocycles. The zero-order valence-electron chi connectivity index (χ0n) is 5.92. The van der Waals surface area contributed by atoms with E-state index in [1.165, 1.54) is 0 Å². The summed E-state index contributed by atoms with van der Waals surface area (Å²) in [6.07, 6.45) is -0.355. The van der Waals surface area contributed by atoms with Crippen LogP contribution in [0.5, 0.6) is 0 Å². The van der Waals surface area contributed by atoms with E-state index in [9.17, 15) is 5.11 Å². The zero-order chi connectivity index (χ0) is 7.40. The summed E-state index contributed by atoms with van der Waals surface area (Å²) in [6, 6.07) is 0.0866. The van der Waals surface area contributed by atoms with Gasteiger partial charge in [-0.3, -0.25) is 0 Å². The average Bonchev–Trinajstić information content (AvgIpc) is 2.31. The van der Waals surface area contributed by atoms with Crippen LogP contribution in [0.3, 0.4) is 0 Å². The van der Waals surface area contributed by atoms with E-state index in [0.717, 1.165) is 6.54 Å². The Hall–Kier alpha value is -0.160. The van der Waals surface area contributed by atoms with Crippen LogP contribution in [0.25, 0.3) is 0 Å². The third-order valence-corrected chi connectivity index (χ3v) is 1.60. The van der Waals surface area contributed by atoms with E-state index in [1.54, 1.807) is 0 Å². The van der Waals surface area contributed by atoms with Crippen molar-refractivity contribution in [3.8, 4) is 0 Å². The molecular weight excluding hydrogens is 132 g/mol. The Kier molecular flexibility index (Phi) is 3.08. The minimum atomic E-state index is -0.355. The second-order valence-electron chi connectivity index (χ2n) is 2.45. The van der Waals surface area contributed by atoms with Crippen LogP contribution >= 0.6 is 0 Å². The Morgan fingerprint density at radius 1 is 1.60 bits per heavy atom. The Bertz CT molecular complexity index is 99.7. The van der Waals surface area contributed by atoms with Crippen molar-refractivity contribution in [2.24, 2.45) is 5.73 Å². The first-order chi connectivity index (χ1) is 4.84. The molecule has 0 aromatic rings. The first-order valence-corrected chi connectivity index (χ1v) is 3.54. The third-order valence-electron chi connectivity index (χ3n) is 1.60. The second kappa shape index (κ2) is 3.88. The molecule has 1 aliphatic rings. The second-order valence-corrected chi connectivity index (χ2v) is 2.45. The number of nitrogens with one attached hydrogen (secondary N) is 1. The molecule has 1 rings (SSSR count). The Balaban J connectivity index is 2.14. The molecular formula is C6H14N2O2. The highest BCUT2D eigenvalue weighted by Crippen LogP contribution is 2.03. The predicted octanol–water partition coefficient (Wildman–Crippen LogP) is -1.71. The Morgan fingerprint density at radius 2 is 2.40 bits per heavy atom. The van der Waals surface area contributed by atoms with Gasteiger partial charge in [-0.2, -0.15) is 0 Å². The summed E-state index contributed by atoms with van der Waals surface area (Å²) in [5, 5.41) is 12.3. The molecule has 0 aliphatic carbocycles. The van der Waals surface area contributed by atoms with Crippen molar-refractivity contribution in [2.75, 3.05) is 26.3 Å². The van der Waals surface area contributed by atoms with E-state index in [0.29, 0.717) is 19.8 Å². The van der Waals surface area contributed by atoms with Gasteiger partial charge in [0, 0.05) is 13.1 Å². The van der Waals surface area contributed by atoms with E-state index >= 15 is 0 Å². The highest BCUT2D eigenvalue weighted by molar-refractivity contribution is 4.80. The maximum absolute atomic E-state index is 9.19. The molecule has 4 nitrogen and oxygen atoms in total. The monoisotopic (exact) mass is 146 g/mol. The van der Waals surface area contributed by atoms with Gasteiger partial charge in [-0.15, -0.1) is 0 Å². The fraction of sp³-hybridized carbons (Fsp3) is 1.00. The van der Waals surface area contributed by atoms with Crippen molar-refractivity contribution >= 4 is 0 Å². The molecule has 4 N–H and O–H groups in total. The van der Waals surface area contributed by atoms with E-state index in [-0.39, 0.29) is 12.1 Å². The summed E-state index contributed by atoms with van der Waals surface area (Å²) < 4.78 is 5.01. The van der Waals surface area contributed by atoms with Crippen LogP contribution in [0, 0.1) is 0 Å². The number of rotatable bonds is 3. The Labute approximate surface area is 60.4 Å². The smallest absolute Gasteiger partial charge is 0.0948 e. The first kappa shape index (κ1) is 7.94. The van der Waals surface area contributed by atoms with Crippen LogP contribution in [-0.2, 0) is 4.74 Å². The zero-order valence-corrected chi connectivity index (χ0v) is 5.92. The number of nitrogens with two attached hydrogens (primary N) is 1. The molecule has 0 amide bonds. The van der Waals surface area contributed by atoms with Crippen LogP contribution in [0.15, 0.2) is 0 Å². The van der Waals surface area contributed by atoms with Gasteiger partial charge < -0.3 is 20.9 Å².